The molecule has 0 fully saturated rings. The Morgan fingerprint density at radius 1 is 0.875 bits per heavy atom. The molecule has 24 heavy (non-hydrogen) atoms. The van der Waals surface area contributed by atoms with E-state index in [-0.39, 0.29) is 6.10 Å². The maximum atomic E-state index is 10.3. The van der Waals surface area contributed by atoms with E-state index in [1.54, 1.807) is 0 Å². The number of rotatable bonds is 7. The minimum absolute atomic E-state index is 0.236. The van der Waals surface area contributed by atoms with Gasteiger partial charge in [-0.15, -0.1) is 0 Å². The minimum Gasteiger partial charge on any atom is -0.390 e. The van der Waals surface area contributed by atoms with Crippen LogP contribution in [0.1, 0.15) is 24.5 Å². The van der Waals surface area contributed by atoms with Crippen LogP contribution in [0.25, 0.3) is 0 Å². The molecule has 2 aromatic rings. The van der Waals surface area contributed by atoms with Gasteiger partial charge in [-0.3, -0.25) is 0 Å². The summed E-state index contributed by atoms with van der Waals surface area (Å²) in [7, 11) is 0. The number of benzene rings is 2. The van der Waals surface area contributed by atoms with Gasteiger partial charge in [0, 0.05) is 0 Å². The van der Waals surface area contributed by atoms with Crippen LogP contribution in [-0.4, -0.2) is 23.9 Å². The molecule has 1 aliphatic rings. The van der Waals surface area contributed by atoms with Crippen molar-refractivity contribution >= 4 is 0 Å². The van der Waals surface area contributed by atoms with Crippen molar-refractivity contribution in [1.29, 1.82) is 0 Å². The summed E-state index contributed by atoms with van der Waals surface area (Å²) in [5, 5.41) is 10.3. The van der Waals surface area contributed by atoms with Gasteiger partial charge in [0.1, 0.15) is 6.10 Å². The second-order valence-electron chi connectivity index (χ2n) is 6.25. The lowest BCUT2D eigenvalue weighted by atomic mass is 10.1. The van der Waals surface area contributed by atoms with Gasteiger partial charge in [0.25, 0.3) is 0 Å². The van der Waals surface area contributed by atoms with Crippen molar-refractivity contribution in [2.75, 3.05) is 6.61 Å². The molecule has 0 amide bonds. The fourth-order valence-electron chi connectivity index (χ4n) is 3.05. The van der Waals surface area contributed by atoms with E-state index in [0.717, 1.165) is 22.3 Å². The molecule has 3 nitrogen and oxygen atoms in total. The number of hydrogen-bond donors (Lipinski definition) is 1. The van der Waals surface area contributed by atoms with Gasteiger partial charge in [-0.2, -0.15) is 0 Å². The van der Waals surface area contributed by atoms with E-state index in [2.05, 4.69) is 12.1 Å². The molecule has 2 aromatic carbocycles. The molecule has 0 radical (unpaired) electrons. The third-order valence-electron chi connectivity index (χ3n) is 4.45. The Morgan fingerprint density at radius 3 is 2.08 bits per heavy atom. The highest BCUT2D eigenvalue weighted by atomic mass is 16.5. The quantitative estimate of drug-likeness (QED) is 0.786. The molecule has 0 saturated heterocycles. The van der Waals surface area contributed by atoms with Crippen molar-refractivity contribution in [2.24, 2.45) is 0 Å². The van der Waals surface area contributed by atoms with E-state index in [0.29, 0.717) is 26.2 Å². The number of aliphatic hydroxyl groups is 1. The first-order valence-electron chi connectivity index (χ1n) is 8.38. The first-order chi connectivity index (χ1) is 11.7. The second kappa shape index (κ2) is 8.25. The van der Waals surface area contributed by atoms with Gasteiger partial charge in [0.2, 0.25) is 0 Å². The predicted molar refractivity (Wildman–Crippen MR) is 94.4 cm³/mol. The topological polar surface area (TPSA) is 38.7 Å². The molecule has 0 aromatic heterocycles. The normalized spacial score (nSPS) is 20.6. The summed E-state index contributed by atoms with van der Waals surface area (Å²) in [5.41, 5.74) is 4.53. The van der Waals surface area contributed by atoms with E-state index in [1.165, 1.54) is 0 Å². The minimum atomic E-state index is -0.482. The number of aliphatic hydroxyl groups excluding tert-OH is 1. The fourth-order valence-corrected chi connectivity index (χ4v) is 3.05. The maximum Gasteiger partial charge on any atom is 0.105 e. The van der Waals surface area contributed by atoms with Crippen LogP contribution in [0.15, 0.2) is 71.8 Å². The molecule has 126 valence electrons. The third kappa shape index (κ3) is 4.32. The van der Waals surface area contributed by atoms with E-state index in [4.69, 9.17) is 9.47 Å². The number of ether oxygens (including phenoxy) is 2. The standard InChI is InChI=1S/C21H24O3/c1-16-19(15-23-13-17-8-4-2-5-9-17)12-20(22)21(16)24-14-18-10-6-3-7-11-18/h2-11,20-22H,12-15H2,1H3/t20-,21+/m0/s1. The molecule has 1 N–H and O–H groups in total. The molecular weight excluding hydrogens is 300 g/mol. The number of hydrogen-bond acceptors (Lipinski definition) is 3. The predicted octanol–water partition coefficient (Wildman–Crippen LogP) is 3.87. The van der Waals surface area contributed by atoms with E-state index in [1.807, 2.05) is 55.5 Å². The summed E-state index contributed by atoms with van der Waals surface area (Å²) < 4.78 is 11.8. The largest absolute Gasteiger partial charge is 0.390 e. The van der Waals surface area contributed by atoms with Crippen molar-refractivity contribution in [1.82, 2.24) is 0 Å². The lowest BCUT2D eigenvalue weighted by Crippen LogP contribution is -2.25. The molecule has 1 aliphatic carbocycles. The second-order valence-corrected chi connectivity index (χ2v) is 6.25. The van der Waals surface area contributed by atoms with Crippen molar-refractivity contribution in [3.8, 4) is 0 Å². The molecule has 2 atom stereocenters. The Kier molecular flexibility index (Phi) is 5.81. The molecular formula is C21H24O3. The van der Waals surface area contributed by atoms with Crippen LogP contribution < -0.4 is 0 Å². The molecule has 3 heteroatoms. The van der Waals surface area contributed by atoms with E-state index >= 15 is 0 Å². The molecule has 0 bridgehead atoms. The Bertz CT molecular complexity index is 664. The Balaban J connectivity index is 1.53. The molecule has 0 spiro atoms. The smallest absolute Gasteiger partial charge is 0.105 e. The highest BCUT2D eigenvalue weighted by molar-refractivity contribution is 5.26. The van der Waals surface area contributed by atoms with Crippen LogP contribution in [0.5, 0.6) is 0 Å². The van der Waals surface area contributed by atoms with Gasteiger partial charge in [0.15, 0.2) is 0 Å². The average molecular weight is 324 g/mol. The maximum absolute atomic E-state index is 10.3. The van der Waals surface area contributed by atoms with Gasteiger partial charge in [-0.25, -0.2) is 0 Å². The Hall–Kier alpha value is -1.94. The summed E-state index contributed by atoms with van der Waals surface area (Å²) in [6.07, 6.45) is -0.0929. The average Bonchev–Trinajstić information content (AvgIpc) is 2.89. The van der Waals surface area contributed by atoms with Crippen molar-refractivity contribution in [3.63, 3.8) is 0 Å². The first kappa shape index (κ1) is 16.9. The van der Waals surface area contributed by atoms with Crippen LogP contribution in [0.2, 0.25) is 0 Å². The lowest BCUT2D eigenvalue weighted by Gasteiger charge is -2.17. The van der Waals surface area contributed by atoms with Crippen LogP contribution in [0.4, 0.5) is 0 Å². The molecule has 0 unspecified atom stereocenters. The van der Waals surface area contributed by atoms with Gasteiger partial charge in [-0.1, -0.05) is 60.7 Å². The highest BCUT2D eigenvalue weighted by Gasteiger charge is 2.31. The highest BCUT2D eigenvalue weighted by Crippen LogP contribution is 2.30. The van der Waals surface area contributed by atoms with Crippen molar-refractivity contribution in [3.05, 3.63) is 82.9 Å². The summed E-state index contributed by atoms with van der Waals surface area (Å²) in [6, 6.07) is 20.2. The van der Waals surface area contributed by atoms with E-state index < -0.39 is 6.10 Å². The Labute approximate surface area is 143 Å². The summed E-state index contributed by atoms with van der Waals surface area (Å²) >= 11 is 0. The zero-order valence-electron chi connectivity index (χ0n) is 14.0. The zero-order chi connectivity index (χ0) is 16.8. The van der Waals surface area contributed by atoms with Crippen LogP contribution >= 0.6 is 0 Å². The molecule has 0 aliphatic heterocycles. The van der Waals surface area contributed by atoms with Gasteiger partial charge < -0.3 is 14.6 Å². The fraction of sp³-hybridized carbons (Fsp3) is 0.333. The zero-order valence-corrected chi connectivity index (χ0v) is 14.0. The molecule has 3 rings (SSSR count). The van der Waals surface area contributed by atoms with Crippen molar-refractivity contribution in [2.45, 2.75) is 38.8 Å². The van der Waals surface area contributed by atoms with Gasteiger partial charge in [0.05, 0.1) is 25.9 Å². The van der Waals surface area contributed by atoms with E-state index in [9.17, 15) is 5.11 Å². The molecule has 0 saturated carbocycles. The summed E-state index contributed by atoms with van der Waals surface area (Å²) in [4.78, 5) is 0. The van der Waals surface area contributed by atoms with Crippen molar-refractivity contribution < 1.29 is 14.6 Å². The van der Waals surface area contributed by atoms with Gasteiger partial charge >= 0.3 is 0 Å². The van der Waals surface area contributed by atoms with Crippen LogP contribution in [0, 0.1) is 0 Å². The lowest BCUT2D eigenvalue weighted by molar-refractivity contribution is -0.0149. The molecule has 0 heterocycles. The SMILES string of the molecule is CC1=C(COCc2ccccc2)C[C@H](O)[C@@H]1OCc1ccccc1. The summed E-state index contributed by atoms with van der Waals surface area (Å²) in [5.74, 6) is 0. The van der Waals surface area contributed by atoms with Crippen LogP contribution in [-0.2, 0) is 22.7 Å². The van der Waals surface area contributed by atoms with Crippen LogP contribution in [0.3, 0.4) is 0 Å². The Morgan fingerprint density at radius 2 is 1.46 bits per heavy atom. The summed E-state index contributed by atoms with van der Waals surface area (Å²) in [6.45, 7) is 3.68. The first-order valence-corrected chi connectivity index (χ1v) is 8.38. The monoisotopic (exact) mass is 324 g/mol. The van der Waals surface area contributed by atoms with Gasteiger partial charge in [-0.05, 0) is 35.6 Å². The third-order valence-corrected chi connectivity index (χ3v) is 4.45.